The van der Waals surface area contributed by atoms with Crippen molar-refractivity contribution in [2.45, 2.75) is 6.92 Å². The lowest BCUT2D eigenvalue weighted by Crippen LogP contribution is -2.12. The lowest BCUT2D eigenvalue weighted by Gasteiger charge is -2.09. The fourth-order valence-corrected chi connectivity index (χ4v) is 2.59. The van der Waals surface area contributed by atoms with Crippen LogP contribution in [0.25, 0.3) is 10.8 Å². The molecule has 0 aliphatic heterocycles. The molecule has 0 aliphatic rings. The number of rotatable bonds is 2. The number of benzene rings is 3. The molecule has 0 heterocycles. The quantitative estimate of drug-likeness (QED) is 0.686. The van der Waals surface area contributed by atoms with Gasteiger partial charge in [-0.15, -0.1) is 0 Å². The van der Waals surface area contributed by atoms with Gasteiger partial charge in [0.15, 0.2) is 0 Å². The highest BCUT2D eigenvalue weighted by atomic mass is 79.9. The van der Waals surface area contributed by atoms with Gasteiger partial charge < -0.3 is 5.32 Å². The molecule has 1 amide bonds. The summed E-state index contributed by atoms with van der Waals surface area (Å²) in [4.78, 5) is 12.5. The van der Waals surface area contributed by atoms with E-state index in [9.17, 15) is 4.79 Å². The van der Waals surface area contributed by atoms with Crippen LogP contribution in [0.5, 0.6) is 0 Å². The van der Waals surface area contributed by atoms with Crippen LogP contribution in [0, 0.1) is 6.92 Å². The summed E-state index contributed by atoms with van der Waals surface area (Å²) in [6.07, 6.45) is 0. The molecule has 0 radical (unpaired) electrons. The highest BCUT2D eigenvalue weighted by Crippen LogP contribution is 2.22. The van der Waals surface area contributed by atoms with Crippen molar-refractivity contribution in [3.63, 3.8) is 0 Å². The Kier molecular flexibility index (Phi) is 3.76. The molecule has 0 aliphatic carbocycles. The molecule has 3 aromatic rings. The van der Waals surface area contributed by atoms with Crippen molar-refractivity contribution >= 4 is 38.3 Å². The molecular weight excluding hydrogens is 326 g/mol. The van der Waals surface area contributed by atoms with Crippen molar-refractivity contribution in [3.8, 4) is 0 Å². The van der Waals surface area contributed by atoms with E-state index in [0.717, 1.165) is 26.5 Å². The first kappa shape index (κ1) is 13.8. The number of carbonyl (C=O) groups excluding carboxylic acids is 1. The molecule has 21 heavy (non-hydrogen) atoms. The van der Waals surface area contributed by atoms with Crippen LogP contribution >= 0.6 is 15.9 Å². The first-order valence-corrected chi connectivity index (χ1v) is 7.50. The molecule has 0 saturated carbocycles. The molecule has 0 unspecified atom stereocenters. The Morgan fingerprint density at radius 2 is 1.76 bits per heavy atom. The molecule has 2 nitrogen and oxygen atoms in total. The van der Waals surface area contributed by atoms with E-state index in [0.29, 0.717) is 5.56 Å². The van der Waals surface area contributed by atoms with Gasteiger partial charge in [0.1, 0.15) is 0 Å². The normalized spacial score (nSPS) is 10.6. The second-order valence-corrected chi connectivity index (χ2v) is 5.80. The highest BCUT2D eigenvalue weighted by Gasteiger charge is 2.10. The summed E-state index contributed by atoms with van der Waals surface area (Å²) in [5.74, 6) is -0.0893. The van der Waals surface area contributed by atoms with Gasteiger partial charge in [-0.1, -0.05) is 52.3 Å². The molecule has 0 atom stereocenters. The number of hydrogen-bond donors (Lipinski definition) is 1. The van der Waals surface area contributed by atoms with Crippen molar-refractivity contribution in [1.29, 1.82) is 0 Å². The molecule has 1 N–H and O–H groups in total. The van der Waals surface area contributed by atoms with Gasteiger partial charge in [0.25, 0.3) is 5.91 Å². The maximum absolute atomic E-state index is 12.5. The summed E-state index contributed by atoms with van der Waals surface area (Å²) in [7, 11) is 0. The van der Waals surface area contributed by atoms with Crippen LogP contribution in [0.4, 0.5) is 5.69 Å². The molecule has 104 valence electrons. The molecule has 3 aromatic carbocycles. The molecular formula is C18H14BrNO. The highest BCUT2D eigenvalue weighted by molar-refractivity contribution is 9.10. The number of hydrogen-bond acceptors (Lipinski definition) is 1. The largest absolute Gasteiger partial charge is 0.322 e. The predicted octanol–water partition coefficient (Wildman–Crippen LogP) is 5.16. The van der Waals surface area contributed by atoms with Gasteiger partial charge in [0.05, 0.1) is 0 Å². The van der Waals surface area contributed by atoms with E-state index < -0.39 is 0 Å². The van der Waals surface area contributed by atoms with Crippen molar-refractivity contribution in [2.75, 3.05) is 5.32 Å². The third kappa shape index (κ3) is 2.83. The summed E-state index contributed by atoms with van der Waals surface area (Å²) in [6, 6.07) is 19.4. The van der Waals surface area contributed by atoms with Crippen LogP contribution in [-0.4, -0.2) is 5.91 Å². The van der Waals surface area contributed by atoms with Crippen LogP contribution in [0.2, 0.25) is 0 Å². The van der Waals surface area contributed by atoms with Crippen LogP contribution in [0.1, 0.15) is 15.9 Å². The minimum Gasteiger partial charge on any atom is -0.322 e. The van der Waals surface area contributed by atoms with Crippen LogP contribution in [0.3, 0.4) is 0 Å². The summed E-state index contributed by atoms with van der Waals surface area (Å²) >= 11 is 3.46. The Morgan fingerprint density at radius 3 is 2.57 bits per heavy atom. The number of anilines is 1. The molecule has 0 bridgehead atoms. The lowest BCUT2D eigenvalue weighted by molar-refractivity contribution is 0.102. The molecule has 3 heteroatoms. The summed E-state index contributed by atoms with van der Waals surface area (Å²) in [5, 5.41) is 4.99. The minimum absolute atomic E-state index is 0.0893. The number of carbonyl (C=O) groups is 1. The first-order valence-electron chi connectivity index (χ1n) is 6.70. The zero-order valence-corrected chi connectivity index (χ0v) is 13.1. The van der Waals surface area contributed by atoms with E-state index >= 15 is 0 Å². The van der Waals surface area contributed by atoms with Crippen molar-refractivity contribution in [2.24, 2.45) is 0 Å². The standard InChI is InChI=1S/C18H14BrNO/c1-12-11-14(9-10-17(12)19)20-18(21)16-8-4-6-13-5-2-3-7-15(13)16/h2-11H,1H3,(H,20,21). The van der Waals surface area contributed by atoms with Gasteiger partial charge in [-0.3, -0.25) is 4.79 Å². The maximum Gasteiger partial charge on any atom is 0.256 e. The molecule has 3 rings (SSSR count). The average Bonchev–Trinajstić information content (AvgIpc) is 2.50. The molecule has 0 fully saturated rings. The van der Waals surface area contributed by atoms with Gasteiger partial charge in [0.2, 0.25) is 0 Å². The predicted molar refractivity (Wildman–Crippen MR) is 90.8 cm³/mol. The van der Waals surface area contributed by atoms with E-state index in [1.54, 1.807) is 0 Å². The van der Waals surface area contributed by atoms with Crippen molar-refractivity contribution < 1.29 is 4.79 Å². The number of amides is 1. The Labute approximate surface area is 131 Å². The van der Waals surface area contributed by atoms with E-state index in [4.69, 9.17) is 0 Å². The monoisotopic (exact) mass is 339 g/mol. The second-order valence-electron chi connectivity index (χ2n) is 4.94. The Balaban J connectivity index is 1.95. The minimum atomic E-state index is -0.0893. The average molecular weight is 340 g/mol. The Morgan fingerprint density at radius 1 is 1.00 bits per heavy atom. The van der Waals surface area contributed by atoms with Gasteiger partial charge in [-0.2, -0.15) is 0 Å². The van der Waals surface area contributed by atoms with Crippen LogP contribution in [-0.2, 0) is 0 Å². The Bertz CT molecular complexity index is 821. The van der Waals surface area contributed by atoms with E-state index in [2.05, 4.69) is 21.2 Å². The van der Waals surface area contributed by atoms with E-state index in [1.807, 2.05) is 67.6 Å². The number of aryl methyl sites for hydroxylation is 1. The van der Waals surface area contributed by atoms with Gasteiger partial charge in [0, 0.05) is 15.7 Å². The zero-order chi connectivity index (χ0) is 14.8. The SMILES string of the molecule is Cc1cc(NC(=O)c2cccc3ccccc23)ccc1Br. The summed E-state index contributed by atoms with van der Waals surface area (Å²) in [6.45, 7) is 2.00. The smallest absolute Gasteiger partial charge is 0.256 e. The molecule has 0 saturated heterocycles. The zero-order valence-electron chi connectivity index (χ0n) is 11.6. The number of nitrogens with one attached hydrogen (secondary N) is 1. The Hall–Kier alpha value is -2.13. The third-order valence-electron chi connectivity index (χ3n) is 3.45. The van der Waals surface area contributed by atoms with Crippen LogP contribution in [0.15, 0.2) is 65.1 Å². The second kappa shape index (κ2) is 5.70. The first-order chi connectivity index (χ1) is 10.1. The fourth-order valence-electron chi connectivity index (χ4n) is 2.34. The van der Waals surface area contributed by atoms with Crippen molar-refractivity contribution in [1.82, 2.24) is 0 Å². The lowest BCUT2D eigenvalue weighted by atomic mass is 10.0. The molecule has 0 aromatic heterocycles. The van der Waals surface area contributed by atoms with Crippen molar-refractivity contribution in [3.05, 3.63) is 76.3 Å². The van der Waals surface area contributed by atoms with Gasteiger partial charge in [-0.25, -0.2) is 0 Å². The van der Waals surface area contributed by atoms with E-state index in [1.165, 1.54) is 0 Å². The third-order valence-corrected chi connectivity index (χ3v) is 4.34. The summed E-state index contributed by atoms with van der Waals surface area (Å²) < 4.78 is 1.03. The van der Waals surface area contributed by atoms with E-state index in [-0.39, 0.29) is 5.91 Å². The number of halogens is 1. The summed E-state index contributed by atoms with van der Waals surface area (Å²) in [5.41, 5.74) is 2.58. The van der Waals surface area contributed by atoms with Gasteiger partial charge in [-0.05, 0) is 47.5 Å². The topological polar surface area (TPSA) is 29.1 Å². The number of fused-ring (bicyclic) bond motifs is 1. The molecule has 0 spiro atoms. The van der Waals surface area contributed by atoms with Crippen LogP contribution < -0.4 is 5.32 Å². The van der Waals surface area contributed by atoms with Gasteiger partial charge >= 0.3 is 0 Å². The fraction of sp³-hybridized carbons (Fsp3) is 0.0556. The maximum atomic E-state index is 12.5.